The minimum absolute atomic E-state index is 0.121. The fourth-order valence-electron chi connectivity index (χ4n) is 2.40. The number of H-pyrrole nitrogens is 1. The van der Waals surface area contributed by atoms with E-state index in [4.69, 9.17) is 4.74 Å². The van der Waals surface area contributed by atoms with Crippen molar-refractivity contribution in [2.24, 2.45) is 0 Å². The summed E-state index contributed by atoms with van der Waals surface area (Å²) in [5.74, 6) is -0.973. The zero-order chi connectivity index (χ0) is 20.9. The maximum atomic E-state index is 12.3. The van der Waals surface area contributed by atoms with E-state index in [1.54, 1.807) is 0 Å². The third-order valence-electron chi connectivity index (χ3n) is 3.75. The summed E-state index contributed by atoms with van der Waals surface area (Å²) in [6.45, 7) is 2.41. The molecule has 2 rings (SSSR count). The largest absolute Gasteiger partial charge is 0.493 e. The third-order valence-corrected chi connectivity index (χ3v) is 4.63. The van der Waals surface area contributed by atoms with Crippen LogP contribution in [0.25, 0.3) is 5.69 Å². The Kier molecular flexibility index (Phi) is 6.58. The molecule has 152 valence electrons. The number of hydrogen-bond acceptors (Lipinski definition) is 8. The number of amides is 1. The second-order valence-electron chi connectivity index (χ2n) is 5.65. The van der Waals surface area contributed by atoms with Gasteiger partial charge in [0.2, 0.25) is 0 Å². The number of carbonyl (C=O) groups excluding carboxylic acids is 1. The molecule has 28 heavy (non-hydrogen) atoms. The van der Waals surface area contributed by atoms with Gasteiger partial charge in [0, 0.05) is 12.6 Å². The monoisotopic (exact) mass is 415 g/mol. The van der Waals surface area contributed by atoms with Crippen LogP contribution < -0.4 is 14.7 Å². The number of aromatic amines is 1. The van der Waals surface area contributed by atoms with Gasteiger partial charge in [-0.05, 0) is 6.42 Å². The summed E-state index contributed by atoms with van der Waals surface area (Å²) in [5, 5.41) is 23.3. The van der Waals surface area contributed by atoms with Crippen LogP contribution in [0, 0.1) is 10.1 Å². The first-order chi connectivity index (χ1) is 13.2. The smallest absolute Gasteiger partial charge is 0.395 e. The summed E-state index contributed by atoms with van der Waals surface area (Å²) in [5.41, 5.74) is -1.01. The topological polar surface area (TPSA) is 181 Å². The first-order valence-corrected chi connectivity index (χ1v) is 9.60. The van der Waals surface area contributed by atoms with Crippen molar-refractivity contribution >= 4 is 21.7 Å². The number of nitrogens with one attached hydrogen (secondary N) is 2. The minimum Gasteiger partial charge on any atom is -0.493 e. The van der Waals surface area contributed by atoms with Crippen molar-refractivity contribution in [2.45, 2.75) is 31.1 Å². The number of rotatable bonds is 9. The van der Waals surface area contributed by atoms with E-state index in [-0.39, 0.29) is 17.3 Å². The molecule has 14 heteroatoms. The van der Waals surface area contributed by atoms with Crippen molar-refractivity contribution in [2.75, 3.05) is 13.7 Å². The molecule has 2 aromatic rings. The molecule has 1 amide bonds. The van der Waals surface area contributed by atoms with Crippen molar-refractivity contribution in [3.8, 4) is 11.4 Å². The molecule has 0 radical (unpaired) electrons. The fourth-order valence-corrected chi connectivity index (χ4v) is 3.06. The second-order valence-corrected chi connectivity index (χ2v) is 7.04. The van der Waals surface area contributed by atoms with Gasteiger partial charge in [0.25, 0.3) is 5.69 Å². The SMILES string of the molecule is CCCCCNC(=O)c1nn[nH][n+]1-c1cc(S(=O)(=O)O)c([N+](=O)[O-])cc1OC. The van der Waals surface area contributed by atoms with Crippen molar-refractivity contribution < 1.29 is 32.1 Å². The Morgan fingerprint density at radius 3 is 2.71 bits per heavy atom. The predicted molar refractivity (Wildman–Crippen MR) is 92.8 cm³/mol. The molecule has 3 N–H and O–H groups in total. The van der Waals surface area contributed by atoms with Gasteiger partial charge >= 0.3 is 21.8 Å². The molecule has 0 atom stereocenters. The highest BCUT2D eigenvalue weighted by atomic mass is 32.2. The predicted octanol–water partition coefficient (Wildman–Crippen LogP) is 0.165. The number of benzene rings is 1. The molecular formula is C14H19N6O7S+. The normalized spacial score (nSPS) is 11.2. The lowest BCUT2D eigenvalue weighted by Crippen LogP contribution is -2.43. The molecule has 0 fully saturated rings. The number of nitro groups is 1. The van der Waals surface area contributed by atoms with E-state index in [0.717, 1.165) is 36.1 Å². The highest BCUT2D eigenvalue weighted by Crippen LogP contribution is 2.32. The summed E-state index contributed by atoms with van der Waals surface area (Å²) in [7, 11) is -3.74. The molecule has 0 aliphatic carbocycles. The Morgan fingerprint density at radius 2 is 2.14 bits per heavy atom. The number of ether oxygens (including phenoxy) is 1. The van der Waals surface area contributed by atoms with Crippen LogP contribution in [0.4, 0.5) is 5.69 Å². The summed E-state index contributed by atoms with van der Waals surface area (Å²) < 4.78 is 38.6. The zero-order valence-electron chi connectivity index (χ0n) is 15.1. The standard InChI is InChI=1S/C14H18N6O7S/c1-3-4-5-6-15-14(21)13-16-17-18-19(13)9-8-12(28(24,25)26)10(20(22)23)7-11(9)27-2/h7-8H,3-6H2,1-2H3,(H2,15,21,24,25,26)/p+1. The lowest BCUT2D eigenvalue weighted by atomic mass is 10.2. The molecule has 0 unspecified atom stereocenters. The van der Waals surface area contributed by atoms with E-state index in [0.29, 0.717) is 6.54 Å². The van der Waals surface area contributed by atoms with E-state index in [9.17, 15) is 27.9 Å². The number of hydrogen-bond donors (Lipinski definition) is 3. The Hall–Kier alpha value is -3.13. The van der Waals surface area contributed by atoms with Gasteiger partial charge in [-0.15, -0.1) is 4.68 Å². The molecule has 1 heterocycles. The maximum Gasteiger partial charge on any atom is 0.395 e. The van der Waals surface area contributed by atoms with Crippen LogP contribution in [-0.2, 0) is 10.1 Å². The highest BCUT2D eigenvalue weighted by Gasteiger charge is 2.32. The number of nitrogens with zero attached hydrogens (tertiary/aromatic N) is 4. The molecule has 1 aromatic carbocycles. The van der Waals surface area contributed by atoms with Gasteiger partial charge in [-0.1, -0.05) is 25.0 Å². The number of carbonyl (C=O) groups is 1. The number of tetrazole rings is 1. The second kappa shape index (κ2) is 8.71. The molecule has 0 bridgehead atoms. The van der Waals surface area contributed by atoms with E-state index >= 15 is 0 Å². The van der Waals surface area contributed by atoms with Gasteiger partial charge in [0.1, 0.15) is 5.10 Å². The van der Waals surface area contributed by atoms with Crippen LogP contribution in [-0.4, -0.2) is 53.0 Å². The number of nitro benzene ring substituents is 1. The van der Waals surface area contributed by atoms with Crippen LogP contribution in [0.3, 0.4) is 0 Å². The third kappa shape index (κ3) is 4.58. The average Bonchev–Trinajstić information content (AvgIpc) is 3.12. The number of methoxy groups -OCH3 is 1. The van der Waals surface area contributed by atoms with Crippen LogP contribution in [0.15, 0.2) is 17.0 Å². The highest BCUT2D eigenvalue weighted by molar-refractivity contribution is 7.86. The van der Waals surface area contributed by atoms with Crippen molar-refractivity contribution in [1.29, 1.82) is 0 Å². The zero-order valence-corrected chi connectivity index (χ0v) is 15.9. The summed E-state index contributed by atoms with van der Waals surface area (Å²) in [6.07, 6.45) is 2.65. The molecule has 0 saturated carbocycles. The quantitative estimate of drug-likeness (QED) is 0.169. The van der Waals surface area contributed by atoms with Gasteiger partial charge < -0.3 is 10.1 Å². The summed E-state index contributed by atoms with van der Waals surface area (Å²) in [6, 6.07) is 1.61. The average molecular weight is 415 g/mol. The summed E-state index contributed by atoms with van der Waals surface area (Å²) >= 11 is 0. The van der Waals surface area contributed by atoms with Crippen molar-refractivity contribution in [1.82, 2.24) is 20.8 Å². The molecule has 0 aliphatic rings. The Labute approximate surface area is 159 Å². The van der Waals surface area contributed by atoms with Gasteiger partial charge in [-0.2, -0.15) is 8.42 Å². The van der Waals surface area contributed by atoms with Crippen LogP contribution in [0.5, 0.6) is 5.75 Å². The number of unbranched alkanes of at least 4 members (excludes halogenated alkanes) is 2. The van der Waals surface area contributed by atoms with E-state index < -0.39 is 31.5 Å². The lowest BCUT2D eigenvalue weighted by molar-refractivity contribution is -0.663. The molecule has 0 spiro atoms. The maximum absolute atomic E-state index is 12.3. The van der Waals surface area contributed by atoms with Gasteiger partial charge in [-0.3, -0.25) is 19.5 Å². The molecule has 0 saturated heterocycles. The van der Waals surface area contributed by atoms with E-state index in [1.807, 2.05) is 6.92 Å². The van der Waals surface area contributed by atoms with Crippen LogP contribution in [0.2, 0.25) is 0 Å². The Balaban J connectivity index is 2.53. The molecule has 13 nitrogen and oxygen atoms in total. The fraction of sp³-hybridized carbons (Fsp3) is 0.429. The Bertz CT molecular complexity index is 988. The lowest BCUT2D eigenvalue weighted by Gasteiger charge is -2.08. The first-order valence-electron chi connectivity index (χ1n) is 8.16. The van der Waals surface area contributed by atoms with Gasteiger partial charge in [0.15, 0.2) is 21.5 Å². The number of aromatic nitrogens is 4. The minimum atomic E-state index is -4.94. The van der Waals surface area contributed by atoms with Crippen LogP contribution >= 0.6 is 0 Å². The Morgan fingerprint density at radius 1 is 1.43 bits per heavy atom. The van der Waals surface area contributed by atoms with Gasteiger partial charge in [0.05, 0.1) is 18.1 Å². The summed E-state index contributed by atoms with van der Waals surface area (Å²) in [4.78, 5) is 21.6. The van der Waals surface area contributed by atoms with E-state index in [1.165, 1.54) is 7.11 Å². The first kappa shape index (κ1) is 21.2. The van der Waals surface area contributed by atoms with E-state index in [2.05, 4.69) is 20.8 Å². The van der Waals surface area contributed by atoms with Gasteiger partial charge in [-0.25, -0.2) is 0 Å². The van der Waals surface area contributed by atoms with Crippen molar-refractivity contribution in [3.63, 3.8) is 0 Å². The van der Waals surface area contributed by atoms with Crippen molar-refractivity contribution in [3.05, 3.63) is 28.1 Å². The van der Waals surface area contributed by atoms with Crippen LogP contribution in [0.1, 0.15) is 36.8 Å². The molecular weight excluding hydrogens is 396 g/mol. The molecule has 0 aliphatic heterocycles. The molecule has 1 aromatic heterocycles.